The highest BCUT2D eigenvalue weighted by atomic mass is 35.5. The van der Waals surface area contributed by atoms with Crippen LogP contribution >= 0.6 is 11.6 Å². The third-order valence-electron chi connectivity index (χ3n) is 4.77. The summed E-state index contributed by atoms with van der Waals surface area (Å²) in [6.07, 6.45) is 4.56. The van der Waals surface area contributed by atoms with Crippen LogP contribution in [0.3, 0.4) is 0 Å². The van der Waals surface area contributed by atoms with Crippen molar-refractivity contribution < 1.29 is 9.59 Å². The lowest BCUT2D eigenvalue weighted by atomic mass is 9.96. The van der Waals surface area contributed by atoms with E-state index in [4.69, 9.17) is 11.6 Å². The molecule has 1 N–H and O–H groups in total. The second-order valence-electron chi connectivity index (χ2n) is 6.49. The van der Waals surface area contributed by atoms with E-state index in [-0.39, 0.29) is 11.7 Å². The fourth-order valence-corrected chi connectivity index (χ4v) is 3.36. The molecule has 1 heterocycles. The minimum Gasteiger partial charge on any atom is -0.364 e. The van der Waals surface area contributed by atoms with E-state index in [1.807, 2.05) is 37.1 Å². The number of likely N-dealkylation sites (N-methyl/N-ethyl adjacent to an activating group) is 1. The van der Waals surface area contributed by atoms with Gasteiger partial charge >= 0.3 is 0 Å². The molecule has 3 rings (SSSR count). The molecule has 134 valence electrons. The number of halogens is 1. The van der Waals surface area contributed by atoms with Crippen molar-refractivity contribution in [2.75, 3.05) is 11.9 Å². The Bertz CT molecular complexity index is 864. The second-order valence-corrected chi connectivity index (χ2v) is 6.92. The van der Waals surface area contributed by atoms with Crippen molar-refractivity contribution >= 4 is 29.0 Å². The van der Waals surface area contributed by atoms with Crippen LogP contribution in [0, 0.1) is 0 Å². The summed E-state index contributed by atoms with van der Waals surface area (Å²) in [7, 11) is 0. The van der Waals surface area contributed by atoms with Gasteiger partial charge in [0.15, 0.2) is 5.78 Å². The van der Waals surface area contributed by atoms with Gasteiger partial charge in [-0.15, -0.1) is 0 Å². The smallest absolute Gasteiger partial charge is 0.250 e. The lowest BCUT2D eigenvalue weighted by Crippen LogP contribution is -2.50. The molecule has 0 spiro atoms. The predicted molar refractivity (Wildman–Crippen MR) is 104 cm³/mol. The van der Waals surface area contributed by atoms with E-state index in [1.165, 1.54) is 0 Å². The normalized spacial score (nSPS) is 18.8. The van der Waals surface area contributed by atoms with Crippen LogP contribution in [0.2, 0.25) is 5.02 Å². The molecule has 2 aromatic carbocycles. The third-order valence-corrected chi connectivity index (χ3v) is 5.01. The molecule has 26 heavy (non-hydrogen) atoms. The maximum atomic E-state index is 13.0. The monoisotopic (exact) mass is 368 g/mol. The van der Waals surface area contributed by atoms with Crippen molar-refractivity contribution in [1.29, 1.82) is 0 Å². The molecular weight excluding hydrogens is 348 g/mol. The van der Waals surface area contributed by atoms with Gasteiger partial charge in [-0.05, 0) is 44.7 Å². The number of nitrogens with one attached hydrogen (secondary N) is 1. The van der Waals surface area contributed by atoms with Crippen LogP contribution in [0.25, 0.3) is 0 Å². The van der Waals surface area contributed by atoms with Gasteiger partial charge in [0, 0.05) is 22.7 Å². The Morgan fingerprint density at radius 2 is 1.92 bits per heavy atom. The summed E-state index contributed by atoms with van der Waals surface area (Å²) in [4.78, 5) is 27.9. The molecular formula is C21H21ClN2O2. The first-order valence-corrected chi connectivity index (χ1v) is 8.97. The second kappa shape index (κ2) is 7.34. The number of hydrogen-bond donors (Lipinski definition) is 1. The molecule has 1 aliphatic heterocycles. The number of carbonyl (C=O) groups is 2. The number of hydrogen-bond acceptors (Lipinski definition) is 3. The molecule has 1 atom stereocenters. The molecule has 0 bridgehead atoms. The zero-order chi connectivity index (χ0) is 18.7. The van der Waals surface area contributed by atoms with Gasteiger partial charge in [0.05, 0.1) is 5.69 Å². The maximum Gasteiger partial charge on any atom is 0.250 e. The van der Waals surface area contributed by atoms with Gasteiger partial charge in [-0.1, -0.05) is 48.0 Å². The van der Waals surface area contributed by atoms with Crippen molar-refractivity contribution in [3.63, 3.8) is 0 Å². The summed E-state index contributed by atoms with van der Waals surface area (Å²) in [5, 5.41) is 3.39. The van der Waals surface area contributed by atoms with Crippen LogP contribution in [0.1, 0.15) is 36.2 Å². The van der Waals surface area contributed by atoms with Gasteiger partial charge < -0.3 is 10.2 Å². The quantitative estimate of drug-likeness (QED) is 0.790. The molecule has 0 aromatic heterocycles. The summed E-state index contributed by atoms with van der Waals surface area (Å²) in [5.74, 6) is -0.320. The molecule has 1 aliphatic rings. The van der Waals surface area contributed by atoms with Crippen molar-refractivity contribution in [3.05, 3.63) is 77.0 Å². The zero-order valence-electron chi connectivity index (χ0n) is 14.8. The Balaban J connectivity index is 1.92. The number of carbonyl (C=O) groups excluding carboxylic acids is 2. The Morgan fingerprint density at radius 3 is 2.62 bits per heavy atom. The highest BCUT2D eigenvalue weighted by molar-refractivity contribution is 6.31. The molecule has 1 amide bonds. The Morgan fingerprint density at radius 1 is 1.19 bits per heavy atom. The molecule has 4 nitrogen and oxygen atoms in total. The van der Waals surface area contributed by atoms with Gasteiger partial charge in [0.1, 0.15) is 5.54 Å². The first-order valence-electron chi connectivity index (χ1n) is 8.60. The summed E-state index contributed by atoms with van der Waals surface area (Å²) in [6.45, 7) is 4.64. The standard InChI is InChI=1S/C21H21ClN2O2/c1-3-24-13-7-12-21(24,2)20(26)23-18-11-10-16(22)14-17(18)19(25)15-8-5-4-6-9-15/h4-11,13-14H,3,12H2,1-2H3,(H,23,26)/t21-/m1/s1. The Kier molecular flexibility index (Phi) is 5.14. The fourth-order valence-electron chi connectivity index (χ4n) is 3.18. The third kappa shape index (κ3) is 3.37. The topological polar surface area (TPSA) is 49.4 Å². The summed E-state index contributed by atoms with van der Waals surface area (Å²) < 4.78 is 0. The number of rotatable bonds is 5. The minimum atomic E-state index is -0.665. The Hall–Kier alpha value is -2.59. The van der Waals surface area contributed by atoms with Crippen LogP contribution in [0.4, 0.5) is 5.69 Å². The van der Waals surface area contributed by atoms with Crippen LogP contribution in [0.15, 0.2) is 60.8 Å². The predicted octanol–water partition coefficient (Wildman–Crippen LogP) is 4.51. The van der Waals surface area contributed by atoms with Crippen molar-refractivity contribution in [1.82, 2.24) is 4.90 Å². The molecule has 0 unspecified atom stereocenters. The minimum absolute atomic E-state index is 0.145. The van der Waals surface area contributed by atoms with Gasteiger partial charge in [0.25, 0.3) is 0 Å². The largest absolute Gasteiger partial charge is 0.364 e. The lowest BCUT2D eigenvalue weighted by molar-refractivity contribution is -0.124. The van der Waals surface area contributed by atoms with E-state index in [1.54, 1.807) is 42.5 Å². The number of ketones is 1. The molecule has 0 aliphatic carbocycles. The highest BCUT2D eigenvalue weighted by Crippen LogP contribution is 2.30. The van der Waals surface area contributed by atoms with E-state index < -0.39 is 5.54 Å². The van der Waals surface area contributed by atoms with Gasteiger partial charge in [-0.25, -0.2) is 0 Å². The van der Waals surface area contributed by atoms with Crippen LogP contribution < -0.4 is 5.32 Å². The van der Waals surface area contributed by atoms with Crippen molar-refractivity contribution in [3.8, 4) is 0 Å². The molecule has 5 heteroatoms. The van der Waals surface area contributed by atoms with Gasteiger partial charge in [-0.2, -0.15) is 0 Å². The van der Waals surface area contributed by atoms with E-state index in [0.717, 1.165) is 6.54 Å². The maximum absolute atomic E-state index is 13.0. The van der Waals surface area contributed by atoms with E-state index in [9.17, 15) is 9.59 Å². The van der Waals surface area contributed by atoms with Gasteiger partial charge in [-0.3, -0.25) is 9.59 Å². The summed E-state index contributed by atoms with van der Waals surface area (Å²) in [6, 6.07) is 13.9. The van der Waals surface area contributed by atoms with E-state index in [2.05, 4.69) is 5.32 Å². The fraction of sp³-hybridized carbons (Fsp3) is 0.238. The molecule has 0 fully saturated rings. The molecule has 0 radical (unpaired) electrons. The number of nitrogens with zero attached hydrogens (tertiary/aromatic N) is 1. The first-order chi connectivity index (χ1) is 12.5. The highest BCUT2D eigenvalue weighted by Gasteiger charge is 2.39. The summed E-state index contributed by atoms with van der Waals surface area (Å²) >= 11 is 6.10. The van der Waals surface area contributed by atoms with E-state index >= 15 is 0 Å². The Labute approximate surface area is 158 Å². The molecule has 0 saturated heterocycles. The van der Waals surface area contributed by atoms with Crippen molar-refractivity contribution in [2.24, 2.45) is 0 Å². The lowest BCUT2D eigenvalue weighted by Gasteiger charge is -2.34. The van der Waals surface area contributed by atoms with E-state index in [0.29, 0.717) is 28.3 Å². The van der Waals surface area contributed by atoms with Crippen LogP contribution in [-0.4, -0.2) is 28.7 Å². The average molecular weight is 369 g/mol. The first kappa shape index (κ1) is 18.2. The summed E-state index contributed by atoms with van der Waals surface area (Å²) in [5.41, 5.74) is 0.739. The number of amides is 1. The van der Waals surface area contributed by atoms with Gasteiger partial charge in [0.2, 0.25) is 5.91 Å². The average Bonchev–Trinajstić information content (AvgIpc) is 3.05. The van der Waals surface area contributed by atoms with Crippen molar-refractivity contribution in [2.45, 2.75) is 25.8 Å². The number of benzene rings is 2. The van der Waals surface area contributed by atoms with Crippen LogP contribution in [-0.2, 0) is 4.79 Å². The number of anilines is 1. The molecule has 2 aromatic rings. The van der Waals surface area contributed by atoms with Crippen LogP contribution in [0.5, 0.6) is 0 Å². The zero-order valence-corrected chi connectivity index (χ0v) is 15.6. The SMILES string of the molecule is CCN1C=CC[C@]1(C)C(=O)Nc1ccc(Cl)cc1C(=O)c1ccccc1. The molecule has 0 saturated carbocycles.